The number of benzene rings is 2. The molecule has 5 rings (SSSR count). The number of carbonyl (C=O) groups excluding carboxylic acids is 2. The van der Waals surface area contributed by atoms with Gasteiger partial charge >= 0.3 is 0 Å². The molecule has 4 heteroatoms. The van der Waals surface area contributed by atoms with E-state index in [0.29, 0.717) is 13.0 Å². The van der Waals surface area contributed by atoms with Crippen LogP contribution in [-0.2, 0) is 21.5 Å². The molecule has 2 amide bonds. The molecule has 3 atom stereocenters. The predicted octanol–water partition coefficient (Wildman–Crippen LogP) is 3.44. The van der Waals surface area contributed by atoms with Gasteiger partial charge in [-0.25, -0.2) is 0 Å². The van der Waals surface area contributed by atoms with Gasteiger partial charge in [-0.2, -0.15) is 0 Å². The van der Waals surface area contributed by atoms with Gasteiger partial charge in [0.2, 0.25) is 11.8 Å². The van der Waals surface area contributed by atoms with Gasteiger partial charge in [-0.1, -0.05) is 67.3 Å². The number of hydrogen-bond donors (Lipinski definition) is 0. The third-order valence-electron chi connectivity index (χ3n) is 6.47. The van der Waals surface area contributed by atoms with Crippen LogP contribution < -0.4 is 4.90 Å². The van der Waals surface area contributed by atoms with E-state index in [0.717, 1.165) is 22.4 Å². The summed E-state index contributed by atoms with van der Waals surface area (Å²) in [4.78, 5) is 30.1. The molecule has 0 saturated carbocycles. The Labute approximate surface area is 164 Å². The van der Waals surface area contributed by atoms with Crippen molar-refractivity contribution in [2.45, 2.75) is 24.4 Å². The Morgan fingerprint density at radius 3 is 2.57 bits per heavy atom. The van der Waals surface area contributed by atoms with Gasteiger partial charge in [0.15, 0.2) is 0 Å². The lowest BCUT2D eigenvalue weighted by molar-refractivity contribution is -0.132. The minimum Gasteiger partial charge on any atom is -0.331 e. The topological polar surface area (TPSA) is 40.6 Å². The summed E-state index contributed by atoms with van der Waals surface area (Å²) < 4.78 is 0. The third-order valence-corrected chi connectivity index (χ3v) is 6.47. The van der Waals surface area contributed by atoms with Crippen LogP contribution in [0.2, 0.25) is 0 Å². The van der Waals surface area contributed by atoms with Crippen LogP contribution in [0.15, 0.2) is 78.9 Å². The van der Waals surface area contributed by atoms with Gasteiger partial charge in [0.1, 0.15) is 0 Å². The fourth-order valence-electron chi connectivity index (χ4n) is 4.97. The number of para-hydroxylation sites is 1. The summed E-state index contributed by atoms with van der Waals surface area (Å²) in [5.41, 5.74) is 3.22. The Kier molecular flexibility index (Phi) is 3.60. The molecule has 140 valence electrons. The molecule has 3 aliphatic rings. The van der Waals surface area contributed by atoms with Gasteiger partial charge < -0.3 is 9.80 Å². The highest BCUT2D eigenvalue weighted by molar-refractivity contribution is 6.09. The molecule has 28 heavy (non-hydrogen) atoms. The zero-order valence-corrected chi connectivity index (χ0v) is 15.8. The second-order valence-corrected chi connectivity index (χ2v) is 7.94. The maximum Gasteiger partial charge on any atom is 0.241 e. The van der Waals surface area contributed by atoms with Crippen LogP contribution in [0.4, 0.5) is 5.69 Å². The van der Waals surface area contributed by atoms with Gasteiger partial charge in [-0.15, -0.1) is 0 Å². The van der Waals surface area contributed by atoms with Crippen LogP contribution in [0.5, 0.6) is 0 Å². The van der Waals surface area contributed by atoms with Crippen molar-refractivity contribution >= 4 is 17.5 Å². The Morgan fingerprint density at radius 1 is 1.07 bits per heavy atom. The van der Waals surface area contributed by atoms with Crippen molar-refractivity contribution in [3.63, 3.8) is 0 Å². The van der Waals surface area contributed by atoms with Crippen molar-refractivity contribution in [2.75, 3.05) is 11.9 Å². The summed E-state index contributed by atoms with van der Waals surface area (Å²) in [6.45, 7) is 4.79. The van der Waals surface area contributed by atoms with E-state index >= 15 is 0 Å². The fourth-order valence-corrected chi connectivity index (χ4v) is 4.97. The van der Waals surface area contributed by atoms with Gasteiger partial charge in [0, 0.05) is 19.3 Å². The minimum atomic E-state index is -0.733. The Balaban J connectivity index is 1.59. The van der Waals surface area contributed by atoms with Gasteiger partial charge in [0.25, 0.3) is 0 Å². The van der Waals surface area contributed by atoms with Crippen LogP contribution in [-0.4, -0.2) is 29.8 Å². The largest absolute Gasteiger partial charge is 0.331 e. The molecule has 2 heterocycles. The van der Waals surface area contributed by atoms with Crippen LogP contribution in [0, 0.1) is 5.92 Å². The van der Waals surface area contributed by atoms with Crippen LogP contribution in [0.3, 0.4) is 0 Å². The van der Waals surface area contributed by atoms with E-state index in [2.05, 4.69) is 6.58 Å². The van der Waals surface area contributed by atoms with Crippen molar-refractivity contribution < 1.29 is 9.59 Å². The molecule has 2 aromatic carbocycles. The number of amides is 2. The van der Waals surface area contributed by atoms with E-state index in [1.165, 1.54) is 0 Å². The molecule has 1 aliphatic carbocycles. The summed E-state index contributed by atoms with van der Waals surface area (Å²) in [6, 6.07) is 17.8. The molecule has 1 spiro atoms. The number of likely N-dealkylation sites (N-methyl/N-ethyl adjacent to an activating group) is 1. The first-order chi connectivity index (χ1) is 13.5. The molecule has 2 aromatic rings. The number of anilines is 1. The first kappa shape index (κ1) is 17.0. The van der Waals surface area contributed by atoms with Gasteiger partial charge in [-0.3, -0.25) is 9.59 Å². The molecular formula is C24H22N2O2. The van der Waals surface area contributed by atoms with Crippen LogP contribution >= 0.6 is 0 Å². The Morgan fingerprint density at radius 2 is 1.79 bits per heavy atom. The summed E-state index contributed by atoms with van der Waals surface area (Å²) in [7, 11) is 1.83. The molecule has 4 nitrogen and oxygen atoms in total. The molecule has 1 unspecified atom stereocenters. The summed E-state index contributed by atoms with van der Waals surface area (Å²) in [6.07, 6.45) is 4.41. The lowest BCUT2D eigenvalue weighted by Crippen LogP contribution is -2.44. The van der Waals surface area contributed by atoms with E-state index in [-0.39, 0.29) is 23.8 Å². The number of carbonyl (C=O) groups is 2. The summed E-state index contributed by atoms with van der Waals surface area (Å²) in [5.74, 6) is -0.201. The number of hydrogen-bond acceptors (Lipinski definition) is 2. The zero-order valence-electron chi connectivity index (χ0n) is 15.8. The normalized spacial score (nSPS) is 28.2. The third kappa shape index (κ3) is 2.18. The van der Waals surface area contributed by atoms with E-state index in [1.807, 2.05) is 78.7 Å². The molecule has 0 radical (unpaired) electrons. The zero-order chi connectivity index (χ0) is 19.5. The van der Waals surface area contributed by atoms with Crippen molar-refractivity contribution in [2.24, 2.45) is 5.92 Å². The summed E-state index contributed by atoms with van der Waals surface area (Å²) >= 11 is 0. The maximum absolute atomic E-state index is 13.4. The minimum absolute atomic E-state index is 0.0670. The lowest BCUT2D eigenvalue weighted by Gasteiger charge is -2.33. The Hall–Kier alpha value is -3.14. The van der Waals surface area contributed by atoms with Gasteiger partial charge in [-0.05, 0) is 29.2 Å². The van der Waals surface area contributed by atoms with E-state index < -0.39 is 5.41 Å². The number of fused-ring (bicyclic) bond motifs is 4. The standard InChI is InChI=1S/C24H22N2O2/c1-16-18-12-13-24(19-10-6-7-11-20(19)25(2)23(24)28)14-21(16)26(22(18)27)15-17-8-4-3-5-9-17/h3-13,18,21H,1,14-15H2,2H3/t18-,21+,24?/m0/s1. The highest BCUT2D eigenvalue weighted by Crippen LogP contribution is 2.50. The molecule has 1 fully saturated rings. The highest BCUT2D eigenvalue weighted by Gasteiger charge is 2.55. The first-order valence-electron chi connectivity index (χ1n) is 9.63. The first-order valence-corrected chi connectivity index (χ1v) is 9.63. The molecule has 2 bridgehead atoms. The van der Waals surface area contributed by atoms with E-state index in [9.17, 15) is 9.59 Å². The van der Waals surface area contributed by atoms with Crippen molar-refractivity contribution in [3.8, 4) is 0 Å². The van der Waals surface area contributed by atoms with Crippen LogP contribution in [0.1, 0.15) is 17.5 Å². The summed E-state index contributed by atoms with van der Waals surface area (Å²) in [5, 5.41) is 0. The van der Waals surface area contributed by atoms with Gasteiger partial charge in [0.05, 0.1) is 17.4 Å². The predicted molar refractivity (Wildman–Crippen MR) is 109 cm³/mol. The second-order valence-electron chi connectivity index (χ2n) is 7.94. The SMILES string of the molecule is C=C1[C@@H]2C=CC3(C[C@H]1N(Cc1ccccc1)C2=O)C(=O)N(C)c1ccccc13. The highest BCUT2D eigenvalue weighted by atomic mass is 16.2. The molecule has 0 N–H and O–H groups in total. The molecule has 1 saturated heterocycles. The number of likely N-dealkylation sites (tertiary alicyclic amines) is 1. The maximum atomic E-state index is 13.4. The number of nitrogens with zero attached hydrogens (tertiary/aromatic N) is 2. The molecule has 0 aromatic heterocycles. The monoisotopic (exact) mass is 370 g/mol. The van der Waals surface area contributed by atoms with E-state index in [1.54, 1.807) is 4.90 Å². The molecular weight excluding hydrogens is 348 g/mol. The Bertz CT molecular complexity index is 1030. The van der Waals surface area contributed by atoms with Crippen molar-refractivity contribution in [3.05, 3.63) is 90.0 Å². The average Bonchev–Trinajstić information content (AvgIpc) is 2.97. The quantitative estimate of drug-likeness (QED) is 0.760. The smallest absolute Gasteiger partial charge is 0.241 e. The number of rotatable bonds is 2. The van der Waals surface area contributed by atoms with Crippen molar-refractivity contribution in [1.82, 2.24) is 4.90 Å². The second kappa shape index (κ2) is 5.93. The average molecular weight is 370 g/mol. The molecule has 2 aliphatic heterocycles. The fraction of sp³-hybridized carbons (Fsp3) is 0.250. The lowest BCUT2D eigenvalue weighted by atomic mass is 9.76. The van der Waals surface area contributed by atoms with Crippen molar-refractivity contribution in [1.29, 1.82) is 0 Å². The van der Waals surface area contributed by atoms with E-state index in [4.69, 9.17) is 0 Å². The van der Waals surface area contributed by atoms with Crippen LogP contribution in [0.25, 0.3) is 0 Å².